The molecule has 29 heavy (non-hydrogen) atoms. The number of amides is 2. The van der Waals surface area contributed by atoms with Crippen LogP contribution in [-0.2, 0) is 9.59 Å². The van der Waals surface area contributed by atoms with E-state index in [1.165, 1.54) is 11.3 Å². The molecule has 7 nitrogen and oxygen atoms in total. The van der Waals surface area contributed by atoms with E-state index in [0.717, 1.165) is 17.7 Å². The normalized spacial score (nSPS) is 13.4. The van der Waals surface area contributed by atoms with E-state index in [9.17, 15) is 9.59 Å². The molecule has 2 amide bonds. The van der Waals surface area contributed by atoms with Crippen LogP contribution in [0, 0.1) is 11.3 Å². The summed E-state index contributed by atoms with van der Waals surface area (Å²) in [5, 5.41) is 14.7. The standard InChI is InChI=1S/C21H30N4O3S/c1-13(12-21(3,4)5)11-17(26)22-14(2)18(27)23-20-25-24-19(29-20)15-7-9-16(28-6)10-8-15/h7-10,13-14H,11-12H2,1-6H3,(H,22,26)(H,23,25,27)/t13-,14+/m0/s1. The van der Waals surface area contributed by atoms with Crippen molar-refractivity contribution in [2.45, 2.75) is 53.5 Å². The number of aromatic nitrogens is 2. The van der Waals surface area contributed by atoms with Gasteiger partial charge in [0.25, 0.3) is 0 Å². The van der Waals surface area contributed by atoms with Gasteiger partial charge in [-0.25, -0.2) is 0 Å². The Kier molecular flexibility index (Phi) is 7.73. The molecule has 1 aromatic heterocycles. The van der Waals surface area contributed by atoms with Crippen LogP contribution in [-0.4, -0.2) is 35.2 Å². The molecule has 0 aliphatic rings. The second kappa shape index (κ2) is 9.82. The number of hydrogen-bond donors (Lipinski definition) is 2. The summed E-state index contributed by atoms with van der Waals surface area (Å²) in [6.45, 7) is 10.2. The first-order chi connectivity index (χ1) is 13.6. The van der Waals surface area contributed by atoms with Gasteiger partial charge in [0, 0.05) is 12.0 Å². The van der Waals surface area contributed by atoms with Gasteiger partial charge in [-0.2, -0.15) is 0 Å². The average Bonchev–Trinajstić information content (AvgIpc) is 3.08. The van der Waals surface area contributed by atoms with Crippen molar-refractivity contribution in [3.8, 4) is 16.3 Å². The average molecular weight is 419 g/mol. The lowest BCUT2D eigenvalue weighted by Crippen LogP contribution is -2.42. The Balaban J connectivity index is 1.87. The number of carbonyl (C=O) groups excluding carboxylic acids is 2. The lowest BCUT2D eigenvalue weighted by Gasteiger charge is -2.23. The Bertz CT molecular complexity index is 827. The third kappa shape index (κ3) is 7.45. The van der Waals surface area contributed by atoms with Gasteiger partial charge in [-0.1, -0.05) is 39.0 Å². The maximum atomic E-state index is 12.4. The molecule has 2 atom stereocenters. The van der Waals surface area contributed by atoms with Crippen LogP contribution in [0.1, 0.15) is 47.5 Å². The molecular weight excluding hydrogens is 388 g/mol. The van der Waals surface area contributed by atoms with Crippen LogP contribution in [0.3, 0.4) is 0 Å². The molecule has 2 aromatic rings. The molecule has 1 aromatic carbocycles. The molecule has 0 radical (unpaired) electrons. The molecule has 0 spiro atoms. The van der Waals surface area contributed by atoms with Crippen molar-refractivity contribution in [2.75, 3.05) is 12.4 Å². The Hall–Kier alpha value is -2.48. The van der Waals surface area contributed by atoms with Crippen LogP contribution in [0.2, 0.25) is 0 Å². The van der Waals surface area contributed by atoms with E-state index in [-0.39, 0.29) is 23.1 Å². The van der Waals surface area contributed by atoms with Crippen LogP contribution in [0.4, 0.5) is 5.13 Å². The first-order valence-corrected chi connectivity index (χ1v) is 10.5. The fourth-order valence-electron chi connectivity index (χ4n) is 3.14. The summed E-state index contributed by atoms with van der Waals surface area (Å²) >= 11 is 1.27. The van der Waals surface area contributed by atoms with Gasteiger partial charge in [0.15, 0.2) is 0 Å². The molecule has 0 fully saturated rings. The van der Waals surface area contributed by atoms with Crippen molar-refractivity contribution in [3.05, 3.63) is 24.3 Å². The highest BCUT2D eigenvalue weighted by atomic mass is 32.1. The van der Waals surface area contributed by atoms with Crippen LogP contribution in [0.25, 0.3) is 10.6 Å². The lowest BCUT2D eigenvalue weighted by atomic mass is 9.84. The minimum Gasteiger partial charge on any atom is -0.497 e. The summed E-state index contributed by atoms with van der Waals surface area (Å²) in [5.41, 5.74) is 1.06. The summed E-state index contributed by atoms with van der Waals surface area (Å²) in [6.07, 6.45) is 1.34. The van der Waals surface area contributed by atoms with Crippen molar-refractivity contribution < 1.29 is 14.3 Å². The number of methoxy groups -OCH3 is 1. The van der Waals surface area contributed by atoms with E-state index in [1.54, 1.807) is 14.0 Å². The molecule has 8 heteroatoms. The minimum atomic E-state index is -0.655. The highest BCUT2D eigenvalue weighted by molar-refractivity contribution is 7.18. The smallest absolute Gasteiger partial charge is 0.248 e. The van der Waals surface area contributed by atoms with Crippen LogP contribution < -0.4 is 15.4 Å². The number of nitrogens with zero attached hydrogens (tertiary/aromatic N) is 2. The molecular formula is C21H30N4O3S. The zero-order valence-electron chi connectivity index (χ0n) is 17.9. The number of rotatable bonds is 8. The summed E-state index contributed by atoms with van der Waals surface area (Å²) in [7, 11) is 1.61. The van der Waals surface area contributed by atoms with Gasteiger partial charge < -0.3 is 10.1 Å². The number of carbonyl (C=O) groups is 2. The number of ether oxygens (including phenoxy) is 1. The number of hydrogen-bond acceptors (Lipinski definition) is 6. The number of anilines is 1. The Morgan fingerprint density at radius 1 is 1.14 bits per heavy atom. The first kappa shape index (κ1) is 22.8. The predicted octanol–water partition coefficient (Wildman–Crippen LogP) is 4.12. The van der Waals surface area contributed by atoms with E-state index >= 15 is 0 Å². The predicted molar refractivity (Wildman–Crippen MR) is 116 cm³/mol. The SMILES string of the molecule is COc1ccc(-c2nnc(NC(=O)[C@@H](C)NC(=O)C[C@H](C)CC(C)(C)C)s2)cc1. The summed E-state index contributed by atoms with van der Waals surface area (Å²) in [5.74, 6) is 0.563. The Labute approximate surface area is 176 Å². The van der Waals surface area contributed by atoms with Gasteiger partial charge >= 0.3 is 0 Å². The third-order valence-electron chi connectivity index (χ3n) is 4.26. The molecule has 1 heterocycles. The second-order valence-corrected chi connectivity index (χ2v) is 9.47. The number of benzene rings is 1. The van der Waals surface area contributed by atoms with E-state index in [1.807, 2.05) is 24.3 Å². The topological polar surface area (TPSA) is 93.2 Å². The lowest BCUT2D eigenvalue weighted by molar-refractivity contribution is -0.126. The minimum absolute atomic E-state index is 0.124. The van der Waals surface area contributed by atoms with Crippen molar-refractivity contribution in [3.63, 3.8) is 0 Å². The molecule has 0 unspecified atom stereocenters. The third-order valence-corrected chi connectivity index (χ3v) is 5.15. The quantitative estimate of drug-likeness (QED) is 0.673. The maximum Gasteiger partial charge on any atom is 0.248 e. The van der Waals surface area contributed by atoms with Crippen molar-refractivity contribution in [2.24, 2.45) is 11.3 Å². The van der Waals surface area contributed by atoms with Gasteiger partial charge in [-0.05, 0) is 48.9 Å². The number of nitrogens with one attached hydrogen (secondary N) is 2. The first-order valence-electron chi connectivity index (χ1n) is 9.65. The zero-order valence-corrected chi connectivity index (χ0v) is 18.7. The zero-order chi connectivity index (χ0) is 21.6. The maximum absolute atomic E-state index is 12.4. The van der Waals surface area contributed by atoms with Gasteiger partial charge in [0.1, 0.15) is 16.8 Å². The largest absolute Gasteiger partial charge is 0.497 e. The van der Waals surface area contributed by atoms with Gasteiger partial charge in [0.2, 0.25) is 16.9 Å². The van der Waals surface area contributed by atoms with Gasteiger partial charge in [-0.3, -0.25) is 14.9 Å². The van der Waals surface area contributed by atoms with Gasteiger partial charge in [0.05, 0.1) is 7.11 Å². The molecule has 0 aliphatic carbocycles. The van der Waals surface area contributed by atoms with E-state index in [2.05, 4.69) is 48.5 Å². The highest BCUT2D eigenvalue weighted by Crippen LogP contribution is 2.28. The molecule has 0 saturated carbocycles. The summed E-state index contributed by atoms with van der Waals surface area (Å²) in [4.78, 5) is 24.6. The molecule has 2 rings (SSSR count). The van der Waals surface area contributed by atoms with Crippen LogP contribution in [0.5, 0.6) is 5.75 Å². The fourth-order valence-corrected chi connectivity index (χ4v) is 3.89. The van der Waals surface area contributed by atoms with Crippen molar-refractivity contribution >= 4 is 28.3 Å². The Morgan fingerprint density at radius 3 is 2.38 bits per heavy atom. The van der Waals surface area contributed by atoms with E-state index in [0.29, 0.717) is 16.6 Å². The van der Waals surface area contributed by atoms with E-state index < -0.39 is 6.04 Å². The molecule has 0 bridgehead atoms. The Morgan fingerprint density at radius 2 is 1.79 bits per heavy atom. The van der Waals surface area contributed by atoms with Crippen LogP contribution in [0.15, 0.2) is 24.3 Å². The van der Waals surface area contributed by atoms with E-state index in [4.69, 9.17) is 4.74 Å². The van der Waals surface area contributed by atoms with Crippen molar-refractivity contribution in [1.29, 1.82) is 0 Å². The van der Waals surface area contributed by atoms with Gasteiger partial charge in [-0.15, -0.1) is 10.2 Å². The van der Waals surface area contributed by atoms with Crippen LogP contribution >= 0.6 is 11.3 Å². The fraction of sp³-hybridized carbons (Fsp3) is 0.524. The van der Waals surface area contributed by atoms with Crippen molar-refractivity contribution in [1.82, 2.24) is 15.5 Å². The highest BCUT2D eigenvalue weighted by Gasteiger charge is 2.21. The molecule has 2 N–H and O–H groups in total. The monoisotopic (exact) mass is 418 g/mol. The molecule has 0 aliphatic heterocycles. The molecule has 0 saturated heterocycles. The molecule has 158 valence electrons. The summed E-state index contributed by atoms with van der Waals surface area (Å²) in [6, 6.07) is 6.79. The summed E-state index contributed by atoms with van der Waals surface area (Å²) < 4.78 is 5.14. The second-order valence-electron chi connectivity index (χ2n) is 8.49.